The van der Waals surface area contributed by atoms with Gasteiger partial charge in [-0.2, -0.15) is 5.10 Å². The third-order valence-electron chi connectivity index (χ3n) is 6.42. The van der Waals surface area contributed by atoms with Crippen molar-refractivity contribution in [2.45, 2.75) is 19.1 Å². The summed E-state index contributed by atoms with van der Waals surface area (Å²) < 4.78 is 0. The van der Waals surface area contributed by atoms with Crippen molar-refractivity contribution in [1.82, 2.24) is 40.1 Å². The van der Waals surface area contributed by atoms with Crippen LogP contribution in [0.15, 0.2) is 67.5 Å². The van der Waals surface area contributed by atoms with Gasteiger partial charge in [0, 0.05) is 41.0 Å². The number of rotatable bonds is 6. The second kappa shape index (κ2) is 8.21. The lowest BCUT2D eigenvalue weighted by atomic mass is 10.1. The maximum absolute atomic E-state index is 10.2. The lowest BCUT2D eigenvalue weighted by Crippen LogP contribution is -2.20. The molecular weight excluding hydrogens is 454 g/mol. The number of pyridine rings is 4. The number of aliphatic hydroxyl groups excluding tert-OH is 1. The van der Waals surface area contributed by atoms with E-state index in [2.05, 4.69) is 40.4 Å². The SMILES string of the molecule is OC(Nc1cncc(-c2cc3c(-c4nc5c(-c6ccccn6)cncc5[nH]4)n[nH]c3cn2)c1)C1CC1. The van der Waals surface area contributed by atoms with E-state index >= 15 is 0 Å². The lowest BCUT2D eigenvalue weighted by Gasteiger charge is -2.13. The van der Waals surface area contributed by atoms with Gasteiger partial charge in [0.2, 0.25) is 0 Å². The van der Waals surface area contributed by atoms with Crippen LogP contribution >= 0.6 is 0 Å². The molecule has 6 aromatic heterocycles. The van der Waals surface area contributed by atoms with Crippen LogP contribution < -0.4 is 5.32 Å². The summed E-state index contributed by atoms with van der Waals surface area (Å²) >= 11 is 0. The average Bonchev–Trinajstić information content (AvgIpc) is 3.55. The highest BCUT2D eigenvalue weighted by atomic mass is 16.3. The second-order valence-electron chi connectivity index (χ2n) is 8.96. The van der Waals surface area contributed by atoms with Crippen LogP contribution in [0.5, 0.6) is 0 Å². The molecule has 10 heteroatoms. The fraction of sp³-hybridized carbons (Fsp3) is 0.154. The van der Waals surface area contributed by atoms with E-state index in [1.807, 2.05) is 30.3 Å². The topological polar surface area (TPSA) is 141 Å². The van der Waals surface area contributed by atoms with E-state index in [4.69, 9.17) is 4.98 Å². The van der Waals surface area contributed by atoms with Gasteiger partial charge in [-0.3, -0.25) is 25.0 Å². The molecule has 0 amide bonds. The Balaban J connectivity index is 1.28. The van der Waals surface area contributed by atoms with Crippen molar-refractivity contribution in [2.75, 3.05) is 5.32 Å². The smallest absolute Gasteiger partial charge is 0.159 e. The first-order valence-corrected chi connectivity index (χ1v) is 11.7. The molecule has 176 valence electrons. The number of aromatic nitrogens is 8. The van der Waals surface area contributed by atoms with Crippen molar-refractivity contribution < 1.29 is 5.11 Å². The standard InChI is InChI=1S/C26H21N9O/c36-26(14-4-5-14)31-16-7-15(9-27-10-16)20-8-17-21(13-30-20)34-35-24(17)25-32-22-12-28-11-18(23(22)33-25)19-3-1-2-6-29-19/h1-3,6-14,26,31,36H,4-5H2,(H,32,33)(H,34,35). The Hall–Kier alpha value is -4.70. The molecule has 10 nitrogen and oxygen atoms in total. The predicted molar refractivity (Wildman–Crippen MR) is 136 cm³/mol. The zero-order valence-corrected chi connectivity index (χ0v) is 19.1. The van der Waals surface area contributed by atoms with Gasteiger partial charge >= 0.3 is 0 Å². The van der Waals surface area contributed by atoms with E-state index in [1.165, 1.54) is 0 Å². The lowest BCUT2D eigenvalue weighted by molar-refractivity contribution is 0.180. The highest BCUT2D eigenvalue weighted by Gasteiger charge is 2.29. The van der Waals surface area contributed by atoms with Crippen LogP contribution in [0.3, 0.4) is 0 Å². The van der Waals surface area contributed by atoms with Crippen molar-refractivity contribution in [1.29, 1.82) is 0 Å². The third kappa shape index (κ3) is 3.64. The van der Waals surface area contributed by atoms with Gasteiger partial charge in [-0.25, -0.2) is 4.98 Å². The molecule has 1 unspecified atom stereocenters. The number of anilines is 1. The van der Waals surface area contributed by atoms with E-state index < -0.39 is 6.23 Å². The van der Waals surface area contributed by atoms with Crippen molar-refractivity contribution >= 4 is 27.6 Å². The predicted octanol–water partition coefficient (Wildman–Crippen LogP) is 4.16. The third-order valence-corrected chi connectivity index (χ3v) is 6.42. The minimum absolute atomic E-state index is 0.314. The highest BCUT2D eigenvalue weighted by molar-refractivity contribution is 5.97. The maximum atomic E-state index is 10.2. The van der Waals surface area contributed by atoms with Crippen LogP contribution in [0.4, 0.5) is 5.69 Å². The van der Waals surface area contributed by atoms with E-state index in [0.717, 1.165) is 63.0 Å². The molecule has 0 saturated heterocycles. The number of fused-ring (bicyclic) bond motifs is 2. The van der Waals surface area contributed by atoms with Crippen LogP contribution in [0, 0.1) is 5.92 Å². The largest absolute Gasteiger partial charge is 0.374 e. The molecule has 1 aliphatic carbocycles. The molecule has 4 N–H and O–H groups in total. The van der Waals surface area contributed by atoms with Crippen LogP contribution in [0.1, 0.15) is 12.8 Å². The number of hydrogen-bond acceptors (Lipinski definition) is 8. The zero-order valence-electron chi connectivity index (χ0n) is 19.1. The first kappa shape index (κ1) is 20.7. The molecule has 1 saturated carbocycles. The number of nitrogens with one attached hydrogen (secondary N) is 3. The molecule has 0 aromatic carbocycles. The number of aromatic amines is 2. The quantitative estimate of drug-likeness (QED) is 0.263. The first-order chi connectivity index (χ1) is 17.7. The normalized spacial score (nSPS) is 14.4. The van der Waals surface area contributed by atoms with E-state index in [0.29, 0.717) is 17.4 Å². The monoisotopic (exact) mass is 475 g/mol. The molecule has 36 heavy (non-hydrogen) atoms. The molecule has 0 bridgehead atoms. The van der Waals surface area contributed by atoms with Crippen LogP contribution in [-0.4, -0.2) is 51.4 Å². The number of hydrogen-bond donors (Lipinski definition) is 4. The minimum atomic E-state index is -0.559. The number of nitrogens with zero attached hydrogens (tertiary/aromatic N) is 6. The molecule has 0 radical (unpaired) electrons. The summed E-state index contributed by atoms with van der Waals surface area (Å²) in [7, 11) is 0. The Morgan fingerprint density at radius 1 is 0.944 bits per heavy atom. The van der Waals surface area contributed by atoms with Gasteiger partial charge in [0.05, 0.1) is 46.7 Å². The van der Waals surface area contributed by atoms with Crippen molar-refractivity contribution in [3.05, 3.63) is 67.5 Å². The van der Waals surface area contributed by atoms with Crippen molar-refractivity contribution in [3.63, 3.8) is 0 Å². The van der Waals surface area contributed by atoms with Crippen LogP contribution in [0.25, 0.3) is 56.0 Å². The second-order valence-corrected chi connectivity index (χ2v) is 8.96. The molecular formula is C26H21N9O. The van der Waals surface area contributed by atoms with Crippen LogP contribution in [0.2, 0.25) is 0 Å². The number of imidazole rings is 1. The molecule has 1 fully saturated rings. The maximum Gasteiger partial charge on any atom is 0.159 e. The Labute approximate surface area is 204 Å². The molecule has 6 heterocycles. The Bertz CT molecular complexity index is 1710. The summed E-state index contributed by atoms with van der Waals surface area (Å²) in [6.45, 7) is 0. The van der Waals surface area contributed by atoms with E-state index in [1.54, 1.807) is 37.2 Å². The van der Waals surface area contributed by atoms with Gasteiger partial charge in [0.25, 0.3) is 0 Å². The van der Waals surface area contributed by atoms with E-state index in [9.17, 15) is 5.11 Å². The van der Waals surface area contributed by atoms with E-state index in [-0.39, 0.29) is 0 Å². The Kier molecular flexibility index (Phi) is 4.71. The van der Waals surface area contributed by atoms with Gasteiger partial charge in [-0.1, -0.05) is 6.07 Å². The summed E-state index contributed by atoms with van der Waals surface area (Å²) in [6.07, 6.45) is 12.0. The molecule has 0 spiro atoms. The number of H-pyrrole nitrogens is 2. The highest BCUT2D eigenvalue weighted by Crippen LogP contribution is 2.34. The summed E-state index contributed by atoms with van der Waals surface area (Å²) in [5, 5.41) is 21.8. The molecule has 0 aliphatic heterocycles. The summed E-state index contributed by atoms with van der Waals surface area (Å²) in [4.78, 5) is 26.0. The summed E-state index contributed by atoms with van der Waals surface area (Å²) in [6, 6.07) is 9.67. The van der Waals surface area contributed by atoms with Crippen molar-refractivity contribution in [3.8, 4) is 34.0 Å². The molecule has 7 rings (SSSR count). The first-order valence-electron chi connectivity index (χ1n) is 11.7. The van der Waals surface area contributed by atoms with Gasteiger partial charge in [0.1, 0.15) is 17.4 Å². The zero-order chi connectivity index (χ0) is 24.1. The van der Waals surface area contributed by atoms with Gasteiger partial charge in [0.15, 0.2) is 5.82 Å². The van der Waals surface area contributed by atoms with Crippen LogP contribution in [-0.2, 0) is 0 Å². The summed E-state index contributed by atoms with van der Waals surface area (Å²) in [5.41, 5.74) is 7.05. The van der Waals surface area contributed by atoms with Gasteiger partial charge in [-0.15, -0.1) is 0 Å². The van der Waals surface area contributed by atoms with Gasteiger partial charge < -0.3 is 15.4 Å². The Morgan fingerprint density at radius 2 is 1.86 bits per heavy atom. The average molecular weight is 476 g/mol. The fourth-order valence-corrected chi connectivity index (χ4v) is 4.37. The Morgan fingerprint density at radius 3 is 2.72 bits per heavy atom. The summed E-state index contributed by atoms with van der Waals surface area (Å²) in [5.74, 6) is 0.938. The fourth-order valence-electron chi connectivity index (χ4n) is 4.37. The number of aliphatic hydroxyl groups is 1. The molecule has 6 aromatic rings. The molecule has 1 aliphatic rings. The van der Waals surface area contributed by atoms with Crippen molar-refractivity contribution in [2.24, 2.45) is 5.92 Å². The molecule has 1 atom stereocenters. The minimum Gasteiger partial charge on any atom is -0.374 e. The van der Waals surface area contributed by atoms with Gasteiger partial charge in [-0.05, 0) is 37.1 Å².